The van der Waals surface area contributed by atoms with Crippen molar-refractivity contribution in [3.8, 4) is 0 Å². The number of benzene rings is 1. The highest BCUT2D eigenvalue weighted by Crippen LogP contribution is 2.22. The second-order valence-electron chi connectivity index (χ2n) is 3.77. The Bertz CT molecular complexity index is 464. The van der Waals surface area contributed by atoms with Crippen molar-refractivity contribution in [3.05, 3.63) is 34.1 Å². The molecule has 18 heavy (non-hydrogen) atoms. The molecule has 0 radical (unpaired) electrons. The molecule has 0 spiro atoms. The van der Waals surface area contributed by atoms with Crippen LogP contribution in [0.5, 0.6) is 0 Å². The minimum Gasteiger partial charge on any atom is -0.481 e. The van der Waals surface area contributed by atoms with Crippen molar-refractivity contribution in [2.45, 2.75) is 25.8 Å². The first kappa shape index (κ1) is 13.9. The van der Waals surface area contributed by atoms with Gasteiger partial charge in [0.25, 0.3) is 5.69 Å². The van der Waals surface area contributed by atoms with Crippen LogP contribution in [0, 0.1) is 15.9 Å². The predicted molar refractivity (Wildman–Crippen MR) is 63.0 cm³/mol. The fourth-order valence-electron chi connectivity index (χ4n) is 1.46. The molecule has 7 heteroatoms. The Labute approximate surface area is 103 Å². The summed E-state index contributed by atoms with van der Waals surface area (Å²) in [6, 6.07) is 2.78. The summed E-state index contributed by atoms with van der Waals surface area (Å²) in [6.45, 7) is 1.77. The van der Waals surface area contributed by atoms with Gasteiger partial charge in [-0.25, -0.2) is 4.39 Å². The van der Waals surface area contributed by atoms with E-state index in [2.05, 4.69) is 5.32 Å². The standard InChI is InChI=1S/C11H13FN2O4/c1-2-7(5-11(15)16)13-10-4-3-8(14(17)18)6-9(10)12/h3-4,6-7,13H,2,5H2,1H3,(H,15,16). The summed E-state index contributed by atoms with van der Waals surface area (Å²) < 4.78 is 13.5. The summed E-state index contributed by atoms with van der Waals surface area (Å²) in [5.74, 6) is -1.76. The summed E-state index contributed by atoms with van der Waals surface area (Å²) in [5, 5.41) is 21.8. The zero-order valence-corrected chi connectivity index (χ0v) is 9.72. The minimum absolute atomic E-state index is 0.0636. The molecule has 0 amide bonds. The molecule has 0 aliphatic rings. The summed E-state index contributed by atoms with van der Waals surface area (Å²) in [7, 11) is 0. The molecule has 0 aliphatic heterocycles. The van der Waals surface area contributed by atoms with Crippen LogP contribution in [0.15, 0.2) is 18.2 Å². The smallest absolute Gasteiger partial charge is 0.305 e. The third-order valence-corrected chi connectivity index (χ3v) is 2.44. The topological polar surface area (TPSA) is 92.5 Å². The maximum absolute atomic E-state index is 13.5. The van der Waals surface area contributed by atoms with Crippen molar-refractivity contribution in [3.63, 3.8) is 0 Å². The van der Waals surface area contributed by atoms with E-state index in [9.17, 15) is 19.3 Å². The molecule has 0 bridgehead atoms. The number of rotatable bonds is 6. The number of nitro groups is 1. The van der Waals surface area contributed by atoms with Gasteiger partial charge in [-0.1, -0.05) is 6.92 Å². The molecule has 0 saturated heterocycles. The number of hydrogen-bond acceptors (Lipinski definition) is 4. The Morgan fingerprint density at radius 2 is 2.28 bits per heavy atom. The number of non-ortho nitro benzene ring substituents is 1. The highest BCUT2D eigenvalue weighted by atomic mass is 19.1. The van der Waals surface area contributed by atoms with E-state index in [0.29, 0.717) is 6.42 Å². The van der Waals surface area contributed by atoms with E-state index in [4.69, 9.17) is 5.11 Å². The molecular weight excluding hydrogens is 243 g/mol. The highest BCUT2D eigenvalue weighted by Gasteiger charge is 2.15. The van der Waals surface area contributed by atoms with Gasteiger partial charge in [-0.15, -0.1) is 0 Å². The first-order valence-electron chi connectivity index (χ1n) is 5.36. The number of hydrogen-bond donors (Lipinski definition) is 2. The summed E-state index contributed by atoms with van der Waals surface area (Å²) >= 11 is 0. The van der Waals surface area contributed by atoms with E-state index >= 15 is 0 Å². The zero-order chi connectivity index (χ0) is 13.7. The van der Waals surface area contributed by atoms with Crippen LogP contribution in [0.1, 0.15) is 19.8 Å². The second-order valence-corrected chi connectivity index (χ2v) is 3.77. The molecule has 1 rings (SSSR count). The molecule has 1 unspecified atom stereocenters. The van der Waals surface area contributed by atoms with Gasteiger partial charge in [0.05, 0.1) is 23.1 Å². The average molecular weight is 256 g/mol. The lowest BCUT2D eigenvalue weighted by molar-refractivity contribution is -0.385. The number of nitrogens with one attached hydrogen (secondary N) is 1. The third-order valence-electron chi connectivity index (χ3n) is 2.44. The Kier molecular flexibility index (Phi) is 4.59. The number of carboxylic acid groups (broad SMARTS) is 1. The SMILES string of the molecule is CCC(CC(=O)O)Nc1ccc([N+](=O)[O-])cc1F. The van der Waals surface area contributed by atoms with E-state index in [-0.39, 0.29) is 17.8 Å². The lowest BCUT2D eigenvalue weighted by atomic mass is 10.1. The van der Waals surface area contributed by atoms with Crippen molar-refractivity contribution in [2.75, 3.05) is 5.32 Å². The number of nitro benzene ring substituents is 1. The Balaban J connectivity index is 2.83. The Hall–Kier alpha value is -2.18. The molecule has 98 valence electrons. The molecule has 0 aliphatic carbocycles. The van der Waals surface area contributed by atoms with Crippen molar-refractivity contribution in [1.29, 1.82) is 0 Å². The van der Waals surface area contributed by atoms with Gasteiger partial charge in [0.2, 0.25) is 0 Å². The summed E-state index contributed by atoms with van der Waals surface area (Å²) in [4.78, 5) is 20.3. The van der Waals surface area contributed by atoms with Crippen LogP contribution < -0.4 is 5.32 Å². The van der Waals surface area contributed by atoms with Gasteiger partial charge in [0, 0.05) is 12.1 Å². The minimum atomic E-state index is -0.989. The van der Waals surface area contributed by atoms with Gasteiger partial charge in [-0.2, -0.15) is 0 Å². The second kappa shape index (κ2) is 5.95. The van der Waals surface area contributed by atoms with Crippen LogP contribution >= 0.6 is 0 Å². The monoisotopic (exact) mass is 256 g/mol. The molecule has 0 heterocycles. The van der Waals surface area contributed by atoms with Crippen LogP contribution in [0.25, 0.3) is 0 Å². The first-order valence-corrected chi connectivity index (χ1v) is 5.36. The quantitative estimate of drug-likeness (QED) is 0.602. The molecule has 0 aromatic heterocycles. The van der Waals surface area contributed by atoms with Crippen molar-refractivity contribution < 1.29 is 19.2 Å². The van der Waals surface area contributed by atoms with E-state index in [1.54, 1.807) is 6.92 Å². The fourth-order valence-corrected chi connectivity index (χ4v) is 1.46. The maximum atomic E-state index is 13.5. The lowest BCUT2D eigenvalue weighted by Gasteiger charge is -2.16. The Morgan fingerprint density at radius 1 is 1.61 bits per heavy atom. The van der Waals surface area contributed by atoms with Crippen LogP contribution in [-0.2, 0) is 4.79 Å². The van der Waals surface area contributed by atoms with Crippen molar-refractivity contribution in [2.24, 2.45) is 0 Å². The third kappa shape index (κ3) is 3.69. The number of carboxylic acids is 1. The van der Waals surface area contributed by atoms with Crippen molar-refractivity contribution >= 4 is 17.3 Å². The van der Waals surface area contributed by atoms with Crippen LogP contribution in [0.3, 0.4) is 0 Å². The summed E-state index contributed by atoms with van der Waals surface area (Å²) in [5.41, 5.74) is -0.280. The van der Waals surface area contributed by atoms with Crippen LogP contribution in [-0.4, -0.2) is 22.0 Å². The van der Waals surface area contributed by atoms with Crippen LogP contribution in [0.2, 0.25) is 0 Å². The number of halogens is 1. The highest BCUT2D eigenvalue weighted by molar-refractivity contribution is 5.68. The molecule has 1 aromatic rings. The number of aliphatic carboxylic acids is 1. The van der Waals surface area contributed by atoms with Crippen molar-refractivity contribution in [1.82, 2.24) is 0 Å². The predicted octanol–water partition coefficient (Wildman–Crippen LogP) is 2.40. The average Bonchev–Trinajstić information content (AvgIpc) is 2.29. The Morgan fingerprint density at radius 3 is 2.72 bits per heavy atom. The van der Waals surface area contributed by atoms with Gasteiger partial charge in [-0.05, 0) is 12.5 Å². The molecular formula is C11H13FN2O4. The van der Waals surface area contributed by atoms with Gasteiger partial charge in [-0.3, -0.25) is 14.9 Å². The van der Waals surface area contributed by atoms with Crippen LogP contribution in [0.4, 0.5) is 15.8 Å². The number of carbonyl (C=O) groups is 1. The van der Waals surface area contributed by atoms with Gasteiger partial charge < -0.3 is 10.4 Å². The normalized spacial score (nSPS) is 11.9. The van der Waals surface area contributed by atoms with Gasteiger partial charge in [0.1, 0.15) is 0 Å². The fraction of sp³-hybridized carbons (Fsp3) is 0.364. The first-order chi connectivity index (χ1) is 8.43. The van der Waals surface area contributed by atoms with Gasteiger partial charge in [0.15, 0.2) is 5.82 Å². The van der Waals surface area contributed by atoms with E-state index < -0.39 is 22.8 Å². The van der Waals surface area contributed by atoms with E-state index in [1.807, 2.05) is 0 Å². The molecule has 2 N–H and O–H groups in total. The molecule has 6 nitrogen and oxygen atoms in total. The summed E-state index contributed by atoms with van der Waals surface area (Å²) in [6.07, 6.45) is 0.357. The molecule has 1 atom stereocenters. The largest absolute Gasteiger partial charge is 0.481 e. The molecule has 1 aromatic carbocycles. The zero-order valence-electron chi connectivity index (χ0n) is 9.72. The van der Waals surface area contributed by atoms with Gasteiger partial charge >= 0.3 is 5.97 Å². The number of nitrogens with zero attached hydrogens (tertiary/aromatic N) is 1. The molecule has 0 fully saturated rings. The number of anilines is 1. The van der Waals surface area contributed by atoms with E-state index in [1.165, 1.54) is 12.1 Å². The molecule has 0 saturated carbocycles. The van der Waals surface area contributed by atoms with E-state index in [0.717, 1.165) is 6.07 Å². The maximum Gasteiger partial charge on any atom is 0.305 e. The lowest BCUT2D eigenvalue weighted by Crippen LogP contribution is -2.22.